The zero-order valence-corrected chi connectivity index (χ0v) is 22.9. The zero-order chi connectivity index (χ0) is 26.0. The van der Waals surface area contributed by atoms with Crippen LogP contribution in [0.2, 0.25) is 10.0 Å². The van der Waals surface area contributed by atoms with Gasteiger partial charge in [-0.05, 0) is 67.1 Å². The van der Waals surface area contributed by atoms with Crippen LogP contribution in [-0.4, -0.2) is 55.0 Å². The highest BCUT2D eigenvalue weighted by atomic mass is 35.5. The number of fused-ring (bicyclic) bond motifs is 1. The number of methoxy groups -OCH3 is 2. The molecule has 2 heterocycles. The van der Waals surface area contributed by atoms with Gasteiger partial charge >= 0.3 is 0 Å². The number of rotatable bonds is 7. The molecule has 2 amide bonds. The molecule has 1 aliphatic rings. The second kappa shape index (κ2) is 11.1. The van der Waals surface area contributed by atoms with Gasteiger partial charge in [-0.25, -0.2) is 0 Å². The van der Waals surface area contributed by atoms with Crippen molar-refractivity contribution in [1.82, 2.24) is 9.80 Å². The number of amides is 2. The molecule has 1 atom stereocenters. The fourth-order valence-corrected chi connectivity index (χ4v) is 5.88. The Hall–Kier alpha value is -2.74. The summed E-state index contributed by atoms with van der Waals surface area (Å²) in [7, 11) is 3.06. The van der Waals surface area contributed by atoms with Gasteiger partial charge in [0.1, 0.15) is 18.0 Å². The van der Waals surface area contributed by atoms with Gasteiger partial charge < -0.3 is 19.3 Å². The minimum absolute atomic E-state index is 0.0722. The van der Waals surface area contributed by atoms with Gasteiger partial charge in [0.25, 0.3) is 5.91 Å². The van der Waals surface area contributed by atoms with E-state index in [0.29, 0.717) is 33.7 Å². The highest BCUT2D eigenvalue weighted by Gasteiger charge is 2.35. The molecule has 0 fully saturated rings. The summed E-state index contributed by atoms with van der Waals surface area (Å²) >= 11 is 14.4. The predicted octanol–water partition coefficient (Wildman–Crippen LogP) is 6.10. The van der Waals surface area contributed by atoms with E-state index in [1.807, 2.05) is 36.3 Å². The largest absolute Gasteiger partial charge is 0.497 e. The van der Waals surface area contributed by atoms with Gasteiger partial charge in [0.2, 0.25) is 5.91 Å². The first kappa shape index (κ1) is 26.3. The molecule has 0 bridgehead atoms. The molecule has 0 spiro atoms. The molecule has 0 saturated heterocycles. The fraction of sp³-hybridized carbons (Fsp3) is 0.333. The van der Waals surface area contributed by atoms with Gasteiger partial charge in [0, 0.05) is 39.1 Å². The Morgan fingerprint density at radius 2 is 1.75 bits per heavy atom. The lowest BCUT2D eigenvalue weighted by Crippen LogP contribution is -2.48. The standard InChI is InChI=1S/C27H28Cl2N2O4S/c1-16(2)31(27(33)17-11-19(34-3)14-20(12-17)35-4)15-25(32)30-9-7-24-22(8-10-36-24)26(30)21-6-5-18(28)13-23(21)29/h5-6,8,10-14,16,26H,7,9,15H2,1-4H3. The van der Waals surface area contributed by atoms with E-state index in [2.05, 4.69) is 0 Å². The summed E-state index contributed by atoms with van der Waals surface area (Å²) in [4.78, 5) is 32.0. The van der Waals surface area contributed by atoms with Crippen molar-refractivity contribution in [2.24, 2.45) is 0 Å². The Morgan fingerprint density at radius 1 is 1.06 bits per heavy atom. The number of halogens is 2. The van der Waals surface area contributed by atoms with E-state index in [1.165, 1.54) is 19.1 Å². The maximum absolute atomic E-state index is 13.8. The quantitative estimate of drug-likeness (QED) is 0.359. The lowest BCUT2D eigenvalue weighted by molar-refractivity contribution is -0.134. The highest BCUT2D eigenvalue weighted by Crippen LogP contribution is 2.41. The minimum atomic E-state index is -0.349. The second-order valence-corrected chi connectivity index (χ2v) is 10.7. The predicted molar refractivity (Wildman–Crippen MR) is 144 cm³/mol. The maximum Gasteiger partial charge on any atom is 0.254 e. The van der Waals surface area contributed by atoms with E-state index in [1.54, 1.807) is 46.6 Å². The number of benzene rings is 2. The van der Waals surface area contributed by atoms with E-state index >= 15 is 0 Å². The molecular formula is C27H28Cl2N2O4S. The molecule has 1 aromatic heterocycles. The SMILES string of the molecule is COc1cc(OC)cc(C(=O)N(CC(=O)N2CCc3sccc3C2c2ccc(Cl)cc2Cl)C(C)C)c1. The molecule has 2 aromatic carbocycles. The number of ether oxygens (including phenoxy) is 2. The van der Waals surface area contributed by atoms with E-state index in [9.17, 15) is 9.59 Å². The fourth-order valence-electron chi connectivity index (χ4n) is 4.47. The third kappa shape index (κ3) is 5.33. The van der Waals surface area contributed by atoms with Crippen molar-refractivity contribution in [3.63, 3.8) is 0 Å². The molecule has 190 valence electrons. The van der Waals surface area contributed by atoms with Crippen LogP contribution in [0.3, 0.4) is 0 Å². The molecule has 4 rings (SSSR count). The summed E-state index contributed by atoms with van der Waals surface area (Å²) < 4.78 is 10.7. The van der Waals surface area contributed by atoms with Crippen LogP contribution in [0.1, 0.15) is 46.3 Å². The number of hydrogen-bond donors (Lipinski definition) is 0. The van der Waals surface area contributed by atoms with Gasteiger partial charge in [-0.3, -0.25) is 9.59 Å². The van der Waals surface area contributed by atoms with Crippen LogP contribution >= 0.6 is 34.5 Å². The Balaban J connectivity index is 1.66. The first-order valence-corrected chi connectivity index (χ1v) is 13.2. The van der Waals surface area contributed by atoms with Crippen molar-refractivity contribution in [2.45, 2.75) is 32.4 Å². The van der Waals surface area contributed by atoms with Crippen LogP contribution in [-0.2, 0) is 11.2 Å². The third-order valence-electron chi connectivity index (χ3n) is 6.33. The summed E-state index contributed by atoms with van der Waals surface area (Å²) in [6, 6.07) is 11.8. The molecular weight excluding hydrogens is 519 g/mol. The first-order chi connectivity index (χ1) is 17.2. The summed E-state index contributed by atoms with van der Waals surface area (Å²) in [5.41, 5.74) is 2.27. The van der Waals surface area contributed by atoms with Crippen molar-refractivity contribution in [3.8, 4) is 11.5 Å². The average Bonchev–Trinajstić information content (AvgIpc) is 3.35. The highest BCUT2D eigenvalue weighted by molar-refractivity contribution is 7.10. The lowest BCUT2D eigenvalue weighted by atomic mass is 9.93. The molecule has 3 aromatic rings. The number of carbonyl (C=O) groups is 2. The second-order valence-electron chi connectivity index (χ2n) is 8.83. The van der Waals surface area contributed by atoms with Gasteiger partial charge in [0.15, 0.2) is 0 Å². The lowest BCUT2D eigenvalue weighted by Gasteiger charge is -2.38. The van der Waals surface area contributed by atoms with Crippen LogP contribution in [0.25, 0.3) is 0 Å². The number of carbonyl (C=O) groups excluding carboxylic acids is 2. The van der Waals surface area contributed by atoms with Crippen molar-refractivity contribution in [1.29, 1.82) is 0 Å². The average molecular weight is 548 g/mol. The van der Waals surface area contributed by atoms with E-state index in [4.69, 9.17) is 32.7 Å². The van der Waals surface area contributed by atoms with Crippen molar-refractivity contribution in [2.75, 3.05) is 27.3 Å². The van der Waals surface area contributed by atoms with Crippen molar-refractivity contribution >= 4 is 46.4 Å². The van der Waals surface area contributed by atoms with E-state index in [-0.39, 0.29) is 30.4 Å². The van der Waals surface area contributed by atoms with Crippen molar-refractivity contribution < 1.29 is 19.1 Å². The number of nitrogens with zero attached hydrogens (tertiary/aromatic N) is 2. The topological polar surface area (TPSA) is 59.1 Å². The van der Waals surface area contributed by atoms with Crippen LogP contribution in [0.15, 0.2) is 47.8 Å². The van der Waals surface area contributed by atoms with Crippen molar-refractivity contribution in [3.05, 3.63) is 79.5 Å². The van der Waals surface area contributed by atoms with Crippen LogP contribution in [0, 0.1) is 0 Å². The number of thiophene rings is 1. The molecule has 6 nitrogen and oxygen atoms in total. The molecule has 36 heavy (non-hydrogen) atoms. The molecule has 1 unspecified atom stereocenters. The Morgan fingerprint density at radius 3 is 2.36 bits per heavy atom. The van der Waals surface area contributed by atoms with Gasteiger partial charge in [-0.1, -0.05) is 29.3 Å². The summed E-state index contributed by atoms with van der Waals surface area (Å²) in [5.74, 6) is 0.585. The molecule has 0 radical (unpaired) electrons. The molecule has 0 saturated carbocycles. The van der Waals surface area contributed by atoms with E-state index in [0.717, 1.165) is 17.5 Å². The van der Waals surface area contributed by atoms with Gasteiger partial charge in [0.05, 0.1) is 20.3 Å². The molecule has 0 N–H and O–H groups in total. The van der Waals surface area contributed by atoms with Gasteiger partial charge in [-0.15, -0.1) is 11.3 Å². The molecule has 9 heteroatoms. The third-order valence-corrected chi connectivity index (χ3v) is 7.89. The smallest absolute Gasteiger partial charge is 0.254 e. The number of hydrogen-bond acceptors (Lipinski definition) is 5. The normalized spacial score (nSPS) is 15.0. The van der Waals surface area contributed by atoms with Gasteiger partial charge in [-0.2, -0.15) is 0 Å². The zero-order valence-electron chi connectivity index (χ0n) is 20.6. The van der Waals surface area contributed by atoms with Crippen LogP contribution in [0.4, 0.5) is 0 Å². The minimum Gasteiger partial charge on any atom is -0.497 e. The first-order valence-electron chi connectivity index (χ1n) is 11.6. The maximum atomic E-state index is 13.8. The van der Waals surface area contributed by atoms with Crippen LogP contribution < -0.4 is 9.47 Å². The Kier molecular flexibility index (Phi) is 8.13. The monoisotopic (exact) mass is 546 g/mol. The Bertz CT molecular complexity index is 1250. The molecule has 1 aliphatic heterocycles. The summed E-state index contributed by atoms with van der Waals surface area (Å²) in [5, 5.41) is 3.08. The summed E-state index contributed by atoms with van der Waals surface area (Å²) in [6.45, 7) is 4.24. The van der Waals surface area contributed by atoms with E-state index < -0.39 is 0 Å². The Labute approximate surface area is 225 Å². The summed E-state index contributed by atoms with van der Waals surface area (Å²) in [6.07, 6.45) is 0.753. The van der Waals surface area contributed by atoms with Crippen LogP contribution in [0.5, 0.6) is 11.5 Å². The molecule has 0 aliphatic carbocycles.